The second-order valence-corrected chi connectivity index (χ2v) is 6.47. The van der Waals surface area contributed by atoms with Gasteiger partial charge >= 0.3 is 6.03 Å². The van der Waals surface area contributed by atoms with E-state index in [1.165, 1.54) is 0 Å². The molecule has 1 aliphatic heterocycles. The van der Waals surface area contributed by atoms with E-state index in [2.05, 4.69) is 10.6 Å². The van der Waals surface area contributed by atoms with E-state index in [9.17, 15) is 9.59 Å². The Balaban J connectivity index is 1.64. The van der Waals surface area contributed by atoms with Crippen molar-refractivity contribution in [1.82, 2.24) is 5.32 Å². The second-order valence-electron chi connectivity index (χ2n) is 6.47. The highest BCUT2D eigenvalue weighted by Crippen LogP contribution is 2.25. The van der Waals surface area contributed by atoms with Crippen LogP contribution in [0.3, 0.4) is 0 Å². The van der Waals surface area contributed by atoms with Gasteiger partial charge in [0.15, 0.2) is 0 Å². The van der Waals surface area contributed by atoms with Gasteiger partial charge in [-0.05, 0) is 37.1 Å². The quantitative estimate of drug-likeness (QED) is 0.886. The first-order valence-corrected chi connectivity index (χ1v) is 8.56. The van der Waals surface area contributed by atoms with Crippen molar-refractivity contribution in [2.75, 3.05) is 23.9 Å². The Morgan fingerprint density at radius 1 is 1.15 bits per heavy atom. The molecule has 1 fully saturated rings. The van der Waals surface area contributed by atoms with Crippen LogP contribution in [0.4, 0.5) is 16.2 Å². The summed E-state index contributed by atoms with van der Waals surface area (Å²) >= 11 is 0. The third-order valence-electron chi connectivity index (χ3n) is 4.54. The zero-order valence-electron chi connectivity index (χ0n) is 15.2. The molecule has 1 aliphatic rings. The maximum atomic E-state index is 12.4. The number of benzene rings is 2. The Labute approximate surface area is 153 Å². The van der Waals surface area contributed by atoms with E-state index in [1.807, 2.05) is 56.3 Å². The molecule has 2 aromatic carbocycles. The minimum atomic E-state index is -0.298. The summed E-state index contributed by atoms with van der Waals surface area (Å²) in [6, 6.07) is 12.7. The Morgan fingerprint density at radius 3 is 2.54 bits per heavy atom. The number of urea groups is 1. The van der Waals surface area contributed by atoms with E-state index in [-0.39, 0.29) is 24.4 Å². The molecule has 1 heterocycles. The number of carbonyl (C=O) groups is 2. The van der Waals surface area contributed by atoms with Gasteiger partial charge in [-0.25, -0.2) is 4.79 Å². The number of carbonyl (C=O) groups excluding carboxylic acids is 2. The lowest BCUT2D eigenvalue weighted by Crippen LogP contribution is -2.40. The van der Waals surface area contributed by atoms with Crippen molar-refractivity contribution in [3.63, 3.8) is 0 Å². The fraction of sp³-hybridized carbons (Fsp3) is 0.300. The van der Waals surface area contributed by atoms with Gasteiger partial charge in [-0.1, -0.05) is 24.3 Å². The first-order chi connectivity index (χ1) is 12.5. The molecule has 6 heteroatoms. The van der Waals surface area contributed by atoms with Crippen LogP contribution >= 0.6 is 0 Å². The smallest absolute Gasteiger partial charge is 0.319 e. The summed E-state index contributed by atoms with van der Waals surface area (Å²) in [5.74, 6) is 0.676. The van der Waals surface area contributed by atoms with Crippen molar-refractivity contribution < 1.29 is 14.3 Å². The van der Waals surface area contributed by atoms with Crippen molar-refractivity contribution >= 4 is 23.3 Å². The molecule has 2 aromatic rings. The van der Waals surface area contributed by atoms with E-state index < -0.39 is 0 Å². The number of methoxy groups -OCH3 is 1. The molecule has 136 valence electrons. The number of ether oxygens (including phenoxy) is 1. The van der Waals surface area contributed by atoms with Crippen molar-refractivity contribution in [1.29, 1.82) is 0 Å². The van der Waals surface area contributed by atoms with Crippen LogP contribution in [0.1, 0.15) is 17.5 Å². The maximum Gasteiger partial charge on any atom is 0.319 e. The van der Waals surface area contributed by atoms with Gasteiger partial charge in [0.1, 0.15) is 5.75 Å². The van der Waals surface area contributed by atoms with Gasteiger partial charge in [0.25, 0.3) is 0 Å². The number of rotatable bonds is 4. The molecule has 0 bridgehead atoms. The zero-order valence-corrected chi connectivity index (χ0v) is 15.2. The van der Waals surface area contributed by atoms with Gasteiger partial charge in [-0.2, -0.15) is 0 Å². The molecule has 0 saturated carbocycles. The van der Waals surface area contributed by atoms with Gasteiger partial charge in [-0.15, -0.1) is 0 Å². The topological polar surface area (TPSA) is 70.7 Å². The highest BCUT2D eigenvalue weighted by Gasteiger charge is 2.31. The monoisotopic (exact) mass is 353 g/mol. The summed E-state index contributed by atoms with van der Waals surface area (Å²) < 4.78 is 5.21. The number of anilines is 2. The molecular formula is C20H23N3O3. The normalized spacial score (nSPS) is 16.5. The molecule has 6 nitrogen and oxygen atoms in total. The molecule has 3 amide bonds. The number of nitrogens with one attached hydrogen (secondary N) is 2. The highest BCUT2D eigenvalue weighted by atomic mass is 16.5. The van der Waals surface area contributed by atoms with Crippen LogP contribution in [0.25, 0.3) is 0 Å². The predicted molar refractivity (Wildman–Crippen MR) is 102 cm³/mol. The summed E-state index contributed by atoms with van der Waals surface area (Å²) in [5.41, 5.74) is 3.58. The zero-order chi connectivity index (χ0) is 18.7. The average Bonchev–Trinajstić information content (AvgIpc) is 2.98. The number of nitrogens with zero attached hydrogens (tertiary/aromatic N) is 1. The third-order valence-corrected chi connectivity index (χ3v) is 4.54. The lowest BCUT2D eigenvalue weighted by molar-refractivity contribution is -0.117. The summed E-state index contributed by atoms with van der Waals surface area (Å²) in [6.07, 6.45) is 0.275. The summed E-state index contributed by atoms with van der Waals surface area (Å²) in [6.45, 7) is 4.34. The molecule has 1 atom stereocenters. The predicted octanol–water partition coefficient (Wildman–Crippen LogP) is 3.24. The van der Waals surface area contributed by atoms with Crippen molar-refractivity contribution in [2.45, 2.75) is 26.3 Å². The fourth-order valence-electron chi connectivity index (χ4n) is 3.18. The molecule has 2 N–H and O–H groups in total. The van der Waals surface area contributed by atoms with Crippen LogP contribution in [-0.4, -0.2) is 31.6 Å². The van der Waals surface area contributed by atoms with Crippen LogP contribution in [0.5, 0.6) is 5.75 Å². The minimum Gasteiger partial charge on any atom is -0.497 e. The molecule has 0 aromatic heterocycles. The van der Waals surface area contributed by atoms with E-state index in [4.69, 9.17) is 4.74 Å². The third kappa shape index (κ3) is 3.79. The SMILES string of the molecule is COc1cccc(N2CC(NC(=O)Nc3c(C)cccc3C)CC2=O)c1. The minimum absolute atomic E-state index is 0.0179. The van der Waals surface area contributed by atoms with Crippen molar-refractivity contribution in [2.24, 2.45) is 0 Å². The largest absolute Gasteiger partial charge is 0.497 e. The number of para-hydroxylation sites is 1. The first-order valence-electron chi connectivity index (χ1n) is 8.56. The first kappa shape index (κ1) is 17.8. The number of hydrogen-bond acceptors (Lipinski definition) is 3. The number of amides is 3. The van der Waals surface area contributed by atoms with E-state index in [1.54, 1.807) is 12.0 Å². The van der Waals surface area contributed by atoms with Crippen molar-refractivity contribution in [3.05, 3.63) is 53.6 Å². The average molecular weight is 353 g/mol. The summed E-state index contributed by atoms with van der Waals surface area (Å²) in [7, 11) is 1.59. The molecular weight excluding hydrogens is 330 g/mol. The standard InChI is InChI=1S/C20H23N3O3/c1-13-6-4-7-14(2)19(13)22-20(25)21-15-10-18(24)23(12-15)16-8-5-9-17(11-16)26-3/h4-9,11,15H,10,12H2,1-3H3,(H2,21,22,25). The van der Waals surface area contributed by atoms with Crippen LogP contribution in [0, 0.1) is 13.8 Å². The number of hydrogen-bond donors (Lipinski definition) is 2. The molecule has 0 aliphatic carbocycles. The Kier molecular flexibility index (Phi) is 5.11. The summed E-state index contributed by atoms with van der Waals surface area (Å²) in [4.78, 5) is 26.4. The highest BCUT2D eigenvalue weighted by molar-refractivity contribution is 5.98. The van der Waals surface area contributed by atoms with Crippen LogP contribution < -0.4 is 20.3 Å². The second kappa shape index (κ2) is 7.47. The lowest BCUT2D eigenvalue weighted by atomic mass is 10.1. The molecule has 0 spiro atoms. The maximum absolute atomic E-state index is 12.4. The van der Waals surface area contributed by atoms with Gasteiger partial charge in [0.2, 0.25) is 5.91 Å². The number of aryl methyl sites for hydroxylation is 2. The Morgan fingerprint density at radius 2 is 1.85 bits per heavy atom. The molecule has 1 unspecified atom stereocenters. The Bertz CT molecular complexity index is 815. The van der Waals surface area contributed by atoms with Gasteiger partial charge in [0.05, 0.1) is 13.2 Å². The molecule has 26 heavy (non-hydrogen) atoms. The van der Waals surface area contributed by atoms with Crippen LogP contribution in [0.15, 0.2) is 42.5 Å². The lowest BCUT2D eigenvalue weighted by Gasteiger charge is -2.18. The van der Waals surface area contributed by atoms with E-state index in [0.29, 0.717) is 12.3 Å². The van der Waals surface area contributed by atoms with E-state index in [0.717, 1.165) is 22.5 Å². The molecule has 3 rings (SSSR count). The van der Waals surface area contributed by atoms with Crippen LogP contribution in [-0.2, 0) is 4.79 Å². The molecule has 0 radical (unpaired) electrons. The van der Waals surface area contributed by atoms with Crippen LogP contribution in [0.2, 0.25) is 0 Å². The van der Waals surface area contributed by atoms with Gasteiger partial charge < -0.3 is 20.3 Å². The fourth-order valence-corrected chi connectivity index (χ4v) is 3.18. The van der Waals surface area contributed by atoms with E-state index >= 15 is 0 Å². The van der Waals surface area contributed by atoms with Gasteiger partial charge in [-0.3, -0.25) is 4.79 Å². The van der Waals surface area contributed by atoms with Crippen molar-refractivity contribution in [3.8, 4) is 5.75 Å². The summed E-state index contributed by atoms with van der Waals surface area (Å²) in [5, 5.41) is 5.79. The Hall–Kier alpha value is -3.02. The molecule has 1 saturated heterocycles. The van der Waals surface area contributed by atoms with Gasteiger partial charge in [0, 0.05) is 30.4 Å².